The molecule has 0 saturated carbocycles. The highest BCUT2D eigenvalue weighted by Gasteiger charge is 2.42. The Hall–Kier alpha value is -2.62. The molecule has 3 rings (SSSR count). The van der Waals surface area contributed by atoms with Crippen molar-refractivity contribution in [2.75, 3.05) is 5.01 Å². The molecule has 0 radical (unpaired) electrons. The Balaban J connectivity index is 2.14. The van der Waals surface area contributed by atoms with Crippen LogP contribution in [0.15, 0.2) is 53.6 Å². The third-order valence-corrected chi connectivity index (χ3v) is 4.31. The van der Waals surface area contributed by atoms with Crippen LogP contribution in [-0.4, -0.2) is 16.8 Å². The number of carboxylic acids is 1. The highest BCUT2D eigenvalue weighted by atomic mass is 16.4. The quantitative estimate of drug-likeness (QED) is 0.934. The molecule has 0 aliphatic carbocycles. The Bertz CT molecular complexity index is 768. The topological polar surface area (TPSA) is 52.9 Å². The van der Waals surface area contributed by atoms with Crippen LogP contribution in [0, 0.1) is 19.8 Å². The first-order chi connectivity index (χ1) is 11.0. The number of aryl methyl sites for hydroxylation is 2. The number of rotatable bonds is 3. The SMILES string of the molecule is CC1=NN(c2cc(C)ccc2C)C(c2ccccc2)C1C(=O)O. The Morgan fingerprint density at radius 1 is 1.09 bits per heavy atom. The van der Waals surface area contributed by atoms with Gasteiger partial charge in [-0.15, -0.1) is 0 Å². The van der Waals surface area contributed by atoms with E-state index < -0.39 is 11.9 Å². The summed E-state index contributed by atoms with van der Waals surface area (Å²) in [5, 5.41) is 16.2. The maximum absolute atomic E-state index is 11.8. The molecular weight excluding hydrogens is 288 g/mol. The summed E-state index contributed by atoms with van der Waals surface area (Å²) in [7, 11) is 0. The highest BCUT2D eigenvalue weighted by molar-refractivity contribution is 6.03. The molecule has 1 aliphatic rings. The zero-order chi connectivity index (χ0) is 16.6. The van der Waals surface area contributed by atoms with Crippen LogP contribution in [0.2, 0.25) is 0 Å². The van der Waals surface area contributed by atoms with Gasteiger partial charge in [0.05, 0.1) is 17.4 Å². The van der Waals surface area contributed by atoms with Crippen molar-refractivity contribution in [2.45, 2.75) is 26.8 Å². The minimum atomic E-state index is -0.840. The van der Waals surface area contributed by atoms with E-state index in [1.54, 1.807) is 6.92 Å². The molecular formula is C19H20N2O2. The maximum Gasteiger partial charge on any atom is 0.314 e. The van der Waals surface area contributed by atoms with Crippen molar-refractivity contribution >= 4 is 17.4 Å². The minimum absolute atomic E-state index is 0.325. The van der Waals surface area contributed by atoms with E-state index >= 15 is 0 Å². The lowest BCUT2D eigenvalue weighted by atomic mass is 9.90. The van der Waals surface area contributed by atoms with E-state index in [0.717, 1.165) is 22.4 Å². The van der Waals surface area contributed by atoms with Gasteiger partial charge in [-0.05, 0) is 43.5 Å². The van der Waals surface area contributed by atoms with Crippen LogP contribution in [0.1, 0.15) is 29.7 Å². The molecule has 1 heterocycles. The predicted molar refractivity (Wildman–Crippen MR) is 91.8 cm³/mol. The number of hydrogen-bond acceptors (Lipinski definition) is 3. The molecule has 1 aliphatic heterocycles. The number of carboxylic acid groups (broad SMARTS) is 1. The first kappa shape index (κ1) is 15.3. The van der Waals surface area contributed by atoms with Crippen LogP contribution >= 0.6 is 0 Å². The summed E-state index contributed by atoms with van der Waals surface area (Å²) in [5.74, 6) is -1.48. The fourth-order valence-electron chi connectivity index (χ4n) is 3.13. The zero-order valence-corrected chi connectivity index (χ0v) is 13.5. The van der Waals surface area contributed by atoms with E-state index in [4.69, 9.17) is 0 Å². The van der Waals surface area contributed by atoms with Gasteiger partial charge in [0, 0.05) is 0 Å². The van der Waals surface area contributed by atoms with Crippen molar-refractivity contribution in [3.63, 3.8) is 0 Å². The predicted octanol–water partition coefficient (Wildman–Crippen LogP) is 3.94. The second-order valence-electron chi connectivity index (χ2n) is 6.05. The van der Waals surface area contributed by atoms with Crippen LogP contribution in [0.4, 0.5) is 5.69 Å². The highest BCUT2D eigenvalue weighted by Crippen LogP contribution is 2.40. The normalized spacial score (nSPS) is 20.5. The van der Waals surface area contributed by atoms with Crippen molar-refractivity contribution in [3.05, 3.63) is 65.2 Å². The Kier molecular flexibility index (Phi) is 3.90. The molecule has 4 heteroatoms. The van der Waals surface area contributed by atoms with Crippen LogP contribution in [-0.2, 0) is 4.79 Å². The fourth-order valence-corrected chi connectivity index (χ4v) is 3.13. The number of carbonyl (C=O) groups is 1. The number of benzene rings is 2. The van der Waals surface area contributed by atoms with Gasteiger partial charge in [-0.2, -0.15) is 5.10 Å². The number of hydrazone groups is 1. The molecule has 2 atom stereocenters. The molecule has 0 fully saturated rings. The second kappa shape index (κ2) is 5.88. The maximum atomic E-state index is 11.8. The number of aliphatic carboxylic acids is 1. The van der Waals surface area contributed by atoms with Crippen LogP contribution < -0.4 is 5.01 Å². The average Bonchev–Trinajstić information content (AvgIpc) is 2.88. The van der Waals surface area contributed by atoms with Crippen molar-refractivity contribution < 1.29 is 9.90 Å². The van der Waals surface area contributed by atoms with Crippen LogP contribution in [0.3, 0.4) is 0 Å². The molecule has 23 heavy (non-hydrogen) atoms. The van der Waals surface area contributed by atoms with Crippen molar-refractivity contribution in [3.8, 4) is 0 Å². The van der Waals surface area contributed by atoms with E-state index in [1.165, 1.54) is 0 Å². The summed E-state index contributed by atoms with van der Waals surface area (Å²) in [5.41, 5.74) is 4.76. The summed E-state index contributed by atoms with van der Waals surface area (Å²) in [6, 6.07) is 15.6. The lowest BCUT2D eigenvalue weighted by Crippen LogP contribution is -2.30. The summed E-state index contributed by atoms with van der Waals surface area (Å²) in [6.07, 6.45) is 0. The summed E-state index contributed by atoms with van der Waals surface area (Å²) >= 11 is 0. The largest absolute Gasteiger partial charge is 0.481 e. The monoisotopic (exact) mass is 308 g/mol. The van der Waals surface area contributed by atoms with Gasteiger partial charge < -0.3 is 5.11 Å². The van der Waals surface area contributed by atoms with E-state index in [1.807, 2.05) is 55.3 Å². The van der Waals surface area contributed by atoms with Crippen LogP contribution in [0.25, 0.3) is 0 Å². The third kappa shape index (κ3) is 2.72. The Morgan fingerprint density at radius 3 is 2.43 bits per heavy atom. The molecule has 118 valence electrons. The standard InChI is InChI=1S/C19H20N2O2/c1-12-9-10-13(2)16(11-12)21-18(15-7-5-4-6-8-15)17(19(22)23)14(3)20-21/h4-11,17-18H,1-3H3,(H,22,23). The molecule has 2 unspecified atom stereocenters. The van der Waals surface area contributed by atoms with E-state index in [0.29, 0.717) is 5.71 Å². The van der Waals surface area contributed by atoms with Crippen molar-refractivity contribution in [1.82, 2.24) is 0 Å². The van der Waals surface area contributed by atoms with Crippen molar-refractivity contribution in [2.24, 2.45) is 11.0 Å². The van der Waals surface area contributed by atoms with E-state index in [-0.39, 0.29) is 6.04 Å². The smallest absolute Gasteiger partial charge is 0.314 e. The number of anilines is 1. The van der Waals surface area contributed by atoms with Gasteiger partial charge in [0.15, 0.2) is 0 Å². The molecule has 0 saturated heterocycles. The second-order valence-corrected chi connectivity index (χ2v) is 6.05. The number of nitrogens with zero attached hydrogens (tertiary/aromatic N) is 2. The average molecular weight is 308 g/mol. The van der Waals surface area contributed by atoms with Gasteiger partial charge in [-0.3, -0.25) is 9.80 Å². The molecule has 0 spiro atoms. The molecule has 1 N–H and O–H groups in total. The summed E-state index contributed by atoms with van der Waals surface area (Å²) in [4.78, 5) is 11.8. The van der Waals surface area contributed by atoms with Crippen molar-refractivity contribution in [1.29, 1.82) is 0 Å². The zero-order valence-electron chi connectivity index (χ0n) is 13.5. The minimum Gasteiger partial charge on any atom is -0.481 e. The van der Waals surface area contributed by atoms with Gasteiger partial charge in [0.2, 0.25) is 0 Å². The fraction of sp³-hybridized carbons (Fsp3) is 0.263. The number of hydrogen-bond donors (Lipinski definition) is 1. The first-order valence-corrected chi connectivity index (χ1v) is 7.68. The molecule has 0 amide bonds. The molecule has 4 nitrogen and oxygen atoms in total. The van der Waals surface area contributed by atoms with Crippen LogP contribution in [0.5, 0.6) is 0 Å². The lowest BCUT2D eigenvalue weighted by molar-refractivity contribution is -0.139. The Morgan fingerprint density at radius 2 is 1.78 bits per heavy atom. The van der Waals surface area contributed by atoms with Gasteiger partial charge in [-0.25, -0.2) is 0 Å². The van der Waals surface area contributed by atoms with Gasteiger partial charge in [0.1, 0.15) is 5.92 Å². The third-order valence-electron chi connectivity index (χ3n) is 4.31. The molecule has 0 bridgehead atoms. The van der Waals surface area contributed by atoms with E-state index in [2.05, 4.69) is 17.2 Å². The Labute approximate surface area is 136 Å². The van der Waals surface area contributed by atoms with Gasteiger partial charge in [-0.1, -0.05) is 42.5 Å². The first-order valence-electron chi connectivity index (χ1n) is 7.68. The summed E-state index contributed by atoms with van der Waals surface area (Å²) < 4.78 is 0. The lowest BCUT2D eigenvalue weighted by Gasteiger charge is -2.28. The summed E-state index contributed by atoms with van der Waals surface area (Å²) in [6.45, 7) is 5.84. The van der Waals surface area contributed by atoms with Gasteiger partial charge >= 0.3 is 5.97 Å². The molecule has 2 aromatic rings. The molecule has 2 aromatic carbocycles. The van der Waals surface area contributed by atoms with Gasteiger partial charge in [0.25, 0.3) is 0 Å². The van der Waals surface area contributed by atoms with E-state index in [9.17, 15) is 9.90 Å². The molecule has 0 aromatic heterocycles.